The molecular formula is C23H36O2. The van der Waals surface area contributed by atoms with Gasteiger partial charge in [0, 0.05) is 6.61 Å². The van der Waals surface area contributed by atoms with Crippen molar-refractivity contribution >= 4 is 0 Å². The van der Waals surface area contributed by atoms with E-state index in [0.29, 0.717) is 29.3 Å². The lowest BCUT2D eigenvalue weighted by molar-refractivity contribution is -0.108. The Balaban J connectivity index is 1.80. The molecule has 4 atom stereocenters. The zero-order valence-corrected chi connectivity index (χ0v) is 16.6. The van der Waals surface area contributed by atoms with Gasteiger partial charge in [-0.15, -0.1) is 0 Å². The SMILES string of the molecule is COc1cccc(CC[C@@H]2[C@@H](CO)CC[C@H]3C(C)(C)CCC[C@]23C)c1. The first-order valence-electron chi connectivity index (χ1n) is 10.1. The Bertz CT molecular complexity index is 579. The van der Waals surface area contributed by atoms with Crippen LogP contribution in [0.3, 0.4) is 0 Å². The molecule has 0 spiro atoms. The molecule has 0 unspecified atom stereocenters. The van der Waals surface area contributed by atoms with Crippen LogP contribution in [0.5, 0.6) is 5.75 Å². The van der Waals surface area contributed by atoms with E-state index in [1.807, 2.05) is 6.07 Å². The fraction of sp³-hybridized carbons (Fsp3) is 0.739. The van der Waals surface area contributed by atoms with Gasteiger partial charge in [-0.05, 0) is 84.8 Å². The minimum atomic E-state index is 0.353. The summed E-state index contributed by atoms with van der Waals surface area (Å²) in [5.41, 5.74) is 2.19. The second-order valence-electron chi connectivity index (χ2n) is 9.42. The lowest BCUT2D eigenvalue weighted by atomic mass is 9.46. The van der Waals surface area contributed by atoms with Crippen LogP contribution in [-0.4, -0.2) is 18.8 Å². The van der Waals surface area contributed by atoms with Crippen molar-refractivity contribution in [2.45, 2.75) is 65.7 Å². The normalized spacial score (nSPS) is 34.4. The summed E-state index contributed by atoms with van der Waals surface area (Å²) in [6, 6.07) is 8.49. The van der Waals surface area contributed by atoms with E-state index in [2.05, 4.69) is 39.0 Å². The Morgan fingerprint density at radius 1 is 1.16 bits per heavy atom. The van der Waals surface area contributed by atoms with Gasteiger partial charge in [-0.2, -0.15) is 0 Å². The third-order valence-corrected chi connectivity index (χ3v) is 7.63. The molecule has 1 N–H and O–H groups in total. The zero-order chi connectivity index (χ0) is 18.1. The first-order valence-corrected chi connectivity index (χ1v) is 10.1. The third kappa shape index (κ3) is 3.60. The van der Waals surface area contributed by atoms with Crippen molar-refractivity contribution in [3.05, 3.63) is 29.8 Å². The number of hydrogen-bond acceptors (Lipinski definition) is 2. The van der Waals surface area contributed by atoms with Gasteiger partial charge in [-0.25, -0.2) is 0 Å². The van der Waals surface area contributed by atoms with Crippen LogP contribution >= 0.6 is 0 Å². The number of rotatable bonds is 5. The number of hydrogen-bond donors (Lipinski definition) is 1. The number of methoxy groups -OCH3 is 1. The minimum absolute atomic E-state index is 0.353. The largest absolute Gasteiger partial charge is 0.497 e. The fourth-order valence-corrected chi connectivity index (χ4v) is 6.38. The Morgan fingerprint density at radius 3 is 2.68 bits per heavy atom. The van der Waals surface area contributed by atoms with Gasteiger partial charge in [0.1, 0.15) is 5.75 Å². The first-order chi connectivity index (χ1) is 11.9. The van der Waals surface area contributed by atoms with Crippen molar-refractivity contribution in [2.24, 2.45) is 28.6 Å². The number of fused-ring (bicyclic) bond motifs is 1. The van der Waals surface area contributed by atoms with Gasteiger partial charge in [-0.1, -0.05) is 39.3 Å². The molecule has 0 radical (unpaired) electrons. The lowest BCUT2D eigenvalue weighted by Gasteiger charge is -2.59. The molecule has 2 saturated carbocycles. The summed E-state index contributed by atoms with van der Waals surface area (Å²) in [7, 11) is 1.73. The summed E-state index contributed by atoms with van der Waals surface area (Å²) < 4.78 is 5.38. The van der Waals surface area contributed by atoms with Gasteiger partial charge >= 0.3 is 0 Å². The summed E-state index contributed by atoms with van der Waals surface area (Å²) >= 11 is 0. The number of ether oxygens (including phenoxy) is 1. The smallest absolute Gasteiger partial charge is 0.119 e. The highest BCUT2D eigenvalue weighted by atomic mass is 16.5. The van der Waals surface area contributed by atoms with E-state index in [4.69, 9.17) is 4.74 Å². The molecule has 3 rings (SSSR count). The van der Waals surface area contributed by atoms with Crippen molar-refractivity contribution in [1.29, 1.82) is 0 Å². The summed E-state index contributed by atoms with van der Waals surface area (Å²) in [4.78, 5) is 0. The monoisotopic (exact) mass is 344 g/mol. The fourth-order valence-electron chi connectivity index (χ4n) is 6.38. The molecule has 0 aromatic heterocycles. The van der Waals surface area contributed by atoms with Crippen LogP contribution in [0.25, 0.3) is 0 Å². The van der Waals surface area contributed by atoms with Crippen LogP contribution in [0.2, 0.25) is 0 Å². The maximum absolute atomic E-state index is 10.1. The minimum Gasteiger partial charge on any atom is -0.497 e. The van der Waals surface area contributed by atoms with Crippen LogP contribution in [-0.2, 0) is 6.42 Å². The lowest BCUT2D eigenvalue weighted by Crippen LogP contribution is -2.52. The number of aryl methyl sites for hydroxylation is 1. The maximum atomic E-state index is 10.1. The molecular weight excluding hydrogens is 308 g/mol. The predicted molar refractivity (Wildman–Crippen MR) is 104 cm³/mol. The van der Waals surface area contributed by atoms with E-state index in [1.165, 1.54) is 44.1 Å². The van der Waals surface area contributed by atoms with E-state index < -0.39 is 0 Å². The van der Waals surface area contributed by atoms with E-state index in [1.54, 1.807) is 7.11 Å². The van der Waals surface area contributed by atoms with Crippen LogP contribution in [0.15, 0.2) is 24.3 Å². The van der Waals surface area contributed by atoms with Crippen LogP contribution < -0.4 is 4.74 Å². The Hall–Kier alpha value is -1.02. The highest BCUT2D eigenvalue weighted by Crippen LogP contribution is 2.61. The molecule has 2 fully saturated rings. The number of aliphatic hydroxyl groups is 1. The van der Waals surface area contributed by atoms with E-state index >= 15 is 0 Å². The van der Waals surface area contributed by atoms with Crippen LogP contribution in [0.1, 0.15) is 64.9 Å². The Morgan fingerprint density at radius 2 is 1.96 bits per heavy atom. The van der Waals surface area contributed by atoms with E-state index in [9.17, 15) is 5.11 Å². The quantitative estimate of drug-likeness (QED) is 0.766. The highest BCUT2D eigenvalue weighted by molar-refractivity contribution is 5.28. The van der Waals surface area contributed by atoms with E-state index in [0.717, 1.165) is 18.1 Å². The molecule has 0 amide bonds. The molecule has 2 aliphatic carbocycles. The van der Waals surface area contributed by atoms with Gasteiger partial charge in [0.05, 0.1) is 7.11 Å². The van der Waals surface area contributed by atoms with Gasteiger partial charge in [0.15, 0.2) is 0 Å². The van der Waals surface area contributed by atoms with Crippen molar-refractivity contribution in [3.63, 3.8) is 0 Å². The van der Waals surface area contributed by atoms with Crippen LogP contribution in [0.4, 0.5) is 0 Å². The highest BCUT2D eigenvalue weighted by Gasteiger charge is 2.53. The van der Waals surface area contributed by atoms with Crippen molar-refractivity contribution in [1.82, 2.24) is 0 Å². The molecule has 0 saturated heterocycles. The Kier molecular flexibility index (Phi) is 5.48. The summed E-state index contributed by atoms with van der Waals surface area (Å²) in [6.45, 7) is 7.85. The number of aliphatic hydroxyl groups excluding tert-OH is 1. The van der Waals surface area contributed by atoms with Gasteiger partial charge < -0.3 is 9.84 Å². The Labute approximate surface area is 154 Å². The molecule has 25 heavy (non-hydrogen) atoms. The second-order valence-corrected chi connectivity index (χ2v) is 9.42. The van der Waals surface area contributed by atoms with Crippen molar-refractivity contribution < 1.29 is 9.84 Å². The molecule has 0 bridgehead atoms. The van der Waals surface area contributed by atoms with Gasteiger partial charge in [-0.3, -0.25) is 0 Å². The molecule has 140 valence electrons. The summed E-state index contributed by atoms with van der Waals surface area (Å²) in [5, 5.41) is 10.1. The molecule has 0 heterocycles. The predicted octanol–water partition coefficient (Wildman–Crippen LogP) is 5.48. The average molecular weight is 345 g/mol. The molecule has 1 aromatic rings. The van der Waals surface area contributed by atoms with Gasteiger partial charge in [0.2, 0.25) is 0 Å². The first kappa shape index (κ1) is 18.8. The zero-order valence-electron chi connectivity index (χ0n) is 16.6. The van der Waals surface area contributed by atoms with Crippen LogP contribution in [0, 0.1) is 28.6 Å². The molecule has 0 aliphatic heterocycles. The topological polar surface area (TPSA) is 29.5 Å². The summed E-state index contributed by atoms with van der Waals surface area (Å²) in [5.74, 6) is 2.84. The van der Waals surface area contributed by atoms with Crippen molar-refractivity contribution in [3.8, 4) is 5.75 Å². The molecule has 2 nitrogen and oxygen atoms in total. The molecule has 1 aromatic carbocycles. The molecule has 2 aliphatic rings. The summed E-state index contributed by atoms with van der Waals surface area (Å²) in [6.07, 6.45) is 8.80. The molecule has 2 heteroatoms. The maximum Gasteiger partial charge on any atom is 0.119 e. The third-order valence-electron chi connectivity index (χ3n) is 7.63. The van der Waals surface area contributed by atoms with Crippen molar-refractivity contribution in [2.75, 3.05) is 13.7 Å². The average Bonchev–Trinajstić information content (AvgIpc) is 2.59. The van der Waals surface area contributed by atoms with E-state index in [-0.39, 0.29) is 0 Å². The standard InChI is InChI=1S/C23H36O2/c1-22(2)13-6-14-23(3)20(18(16-24)10-12-21(22)23)11-9-17-7-5-8-19(15-17)25-4/h5,7-8,15,18,20-21,24H,6,9-14,16H2,1-4H3/t18-,20-,21+,23-/m1/s1. The number of benzene rings is 1. The van der Waals surface area contributed by atoms with Gasteiger partial charge in [0.25, 0.3) is 0 Å². The second kappa shape index (κ2) is 7.31.